The van der Waals surface area contributed by atoms with Gasteiger partial charge in [0.05, 0.1) is 18.2 Å². The normalized spacial score (nSPS) is 10.1. The lowest BCUT2D eigenvalue weighted by Crippen LogP contribution is -2.23. The van der Waals surface area contributed by atoms with Crippen LogP contribution in [0.4, 0.5) is 0 Å². The molecule has 98 valence electrons. The fraction of sp³-hybridized carbons (Fsp3) is 0.154. The Morgan fingerprint density at radius 2 is 2.00 bits per heavy atom. The molecule has 0 fully saturated rings. The summed E-state index contributed by atoms with van der Waals surface area (Å²) < 4.78 is 0. The summed E-state index contributed by atoms with van der Waals surface area (Å²) in [6.45, 7) is 0.285. The van der Waals surface area contributed by atoms with E-state index in [9.17, 15) is 9.59 Å². The fourth-order valence-corrected chi connectivity index (χ4v) is 1.72. The maximum atomic E-state index is 11.7. The minimum Gasteiger partial charge on any atom is -0.481 e. The van der Waals surface area contributed by atoms with Crippen molar-refractivity contribution in [2.24, 2.45) is 0 Å². The van der Waals surface area contributed by atoms with Gasteiger partial charge in [-0.25, -0.2) is 0 Å². The van der Waals surface area contributed by atoms with Crippen LogP contribution < -0.4 is 5.32 Å². The highest BCUT2D eigenvalue weighted by Crippen LogP contribution is 2.09. The van der Waals surface area contributed by atoms with Crippen molar-refractivity contribution < 1.29 is 14.7 Å². The summed E-state index contributed by atoms with van der Waals surface area (Å²) in [5.74, 6) is -1.15. The Hall–Kier alpha value is -2.63. The van der Waals surface area contributed by atoms with Crippen molar-refractivity contribution >= 4 is 11.9 Å². The first-order chi connectivity index (χ1) is 9.16. The van der Waals surface area contributed by atoms with Gasteiger partial charge in [0, 0.05) is 12.7 Å². The van der Waals surface area contributed by atoms with Crippen molar-refractivity contribution in [3.05, 3.63) is 53.3 Å². The van der Waals surface area contributed by atoms with E-state index in [0.29, 0.717) is 11.1 Å². The van der Waals surface area contributed by atoms with Gasteiger partial charge >= 0.3 is 5.97 Å². The molecule has 6 heteroatoms. The second-order valence-corrected chi connectivity index (χ2v) is 4.01. The maximum absolute atomic E-state index is 11.7. The first-order valence-corrected chi connectivity index (χ1v) is 5.72. The Morgan fingerprint density at radius 3 is 2.63 bits per heavy atom. The summed E-state index contributed by atoms with van der Waals surface area (Å²) in [6, 6.07) is 7.13. The number of carboxylic acids is 1. The molecule has 19 heavy (non-hydrogen) atoms. The van der Waals surface area contributed by atoms with Crippen LogP contribution in [0.15, 0.2) is 36.7 Å². The van der Waals surface area contributed by atoms with Gasteiger partial charge in [0.15, 0.2) is 0 Å². The lowest BCUT2D eigenvalue weighted by molar-refractivity contribution is -0.136. The third-order valence-electron chi connectivity index (χ3n) is 2.66. The predicted octanol–water partition coefficient (Wildman–Crippen LogP) is 0.967. The standard InChI is InChI=1S/C13H13N3O3/c17-12(18)5-9-3-1-2-4-10(9)6-14-13(19)11-7-15-16-8-11/h1-4,7-8H,5-6H2,(H,14,19)(H,15,16)(H,17,18). The van der Waals surface area contributed by atoms with Crippen LogP contribution in [0.5, 0.6) is 0 Å². The number of aromatic amines is 1. The molecule has 0 unspecified atom stereocenters. The maximum Gasteiger partial charge on any atom is 0.307 e. The summed E-state index contributed by atoms with van der Waals surface area (Å²) in [5, 5.41) is 17.8. The number of hydrogen-bond acceptors (Lipinski definition) is 3. The number of nitrogens with one attached hydrogen (secondary N) is 2. The van der Waals surface area contributed by atoms with E-state index in [0.717, 1.165) is 5.56 Å². The number of hydrogen-bond donors (Lipinski definition) is 3. The molecule has 0 aliphatic carbocycles. The van der Waals surface area contributed by atoms with E-state index in [1.165, 1.54) is 12.4 Å². The number of carboxylic acid groups (broad SMARTS) is 1. The van der Waals surface area contributed by atoms with E-state index in [1.54, 1.807) is 18.2 Å². The lowest BCUT2D eigenvalue weighted by Gasteiger charge is -2.08. The molecule has 0 radical (unpaired) electrons. The van der Waals surface area contributed by atoms with E-state index < -0.39 is 5.97 Å². The van der Waals surface area contributed by atoms with E-state index in [4.69, 9.17) is 5.11 Å². The van der Waals surface area contributed by atoms with Gasteiger partial charge < -0.3 is 10.4 Å². The first kappa shape index (κ1) is 12.8. The minimum atomic E-state index is -0.895. The molecule has 1 aromatic carbocycles. The van der Waals surface area contributed by atoms with Crippen LogP contribution in [0, 0.1) is 0 Å². The molecule has 2 rings (SSSR count). The second-order valence-electron chi connectivity index (χ2n) is 4.01. The number of benzene rings is 1. The van der Waals surface area contributed by atoms with E-state index in [1.807, 2.05) is 6.07 Å². The quantitative estimate of drug-likeness (QED) is 0.745. The van der Waals surface area contributed by atoms with Crippen molar-refractivity contribution in [3.63, 3.8) is 0 Å². The number of nitrogens with zero attached hydrogens (tertiary/aromatic N) is 1. The molecule has 6 nitrogen and oxygen atoms in total. The Bertz CT molecular complexity index is 579. The number of aliphatic carboxylic acids is 1. The monoisotopic (exact) mass is 259 g/mol. The van der Waals surface area contributed by atoms with Crippen LogP contribution in [0.2, 0.25) is 0 Å². The van der Waals surface area contributed by atoms with Crippen LogP contribution in [-0.4, -0.2) is 27.2 Å². The van der Waals surface area contributed by atoms with Crippen LogP contribution in [-0.2, 0) is 17.8 Å². The average molecular weight is 259 g/mol. The van der Waals surface area contributed by atoms with E-state index in [2.05, 4.69) is 15.5 Å². The van der Waals surface area contributed by atoms with Crippen molar-refractivity contribution in [2.75, 3.05) is 0 Å². The Kier molecular flexibility index (Phi) is 3.92. The van der Waals surface area contributed by atoms with E-state index in [-0.39, 0.29) is 18.9 Å². The highest BCUT2D eigenvalue weighted by atomic mass is 16.4. The summed E-state index contributed by atoms with van der Waals surface area (Å²) in [7, 11) is 0. The van der Waals surface area contributed by atoms with Crippen LogP contribution in [0.25, 0.3) is 0 Å². The molecule has 0 spiro atoms. The molecule has 3 N–H and O–H groups in total. The molecule has 0 aliphatic rings. The van der Waals surface area contributed by atoms with Crippen molar-refractivity contribution in [3.8, 4) is 0 Å². The lowest BCUT2D eigenvalue weighted by atomic mass is 10.0. The van der Waals surface area contributed by atoms with Gasteiger partial charge in [0.2, 0.25) is 0 Å². The highest BCUT2D eigenvalue weighted by molar-refractivity contribution is 5.93. The van der Waals surface area contributed by atoms with Crippen molar-refractivity contribution in [1.82, 2.24) is 15.5 Å². The minimum absolute atomic E-state index is 0.0578. The van der Waals surface area contributed by atoms with Gasteiger partial charge in [-0.1, -0.05) is 24.3 Å². The number of amides is 1. The van der Waals surface area contributed by atoms with Gasteiger partial charge in [-0.2, -0.15) is 5.10 Å². The molecule has 0 saturated heterocycles. The average Bonchev–Trinajstić information content (AvgIpc) is 2.90. The van der Waals surface area contributed by atoms with Crippen LogP contribution >= 0.6 is 0 Å². The molecule has 0 atom stereocenters. The third kappa shape index (κ3) is 3.41. The third-order valence-corrected chi connectivity index (χ3v) is 2.66. The van der Waals surface area contributed by atoms with Gasteiger partial charge in [-0.3, -0.25) is 14.7 Å². The molecule has 2 aromatic rings. The molecular formula is C13H13N3O3. The zero-order valence-corrected chi connectivity index (χ0v) is 10.1. The topological polar surface area (TPSA) is 95.1 Å². The summed E-state index contributed by atoms with van der Waals surface area (Å²) in [4.78, 5) is 22.5. The second kappa shape index (κ2) is 5.81. The summed E-state index contributed by atoms with van der Waals surface area (Å²) in [6.07, 6.45) is 2.87. The van der Waals surface area contributed by atoms with E-state index >= 15 is 0 Å². The number of carbonyl (C=O) groups is 2. The van der Waals surface area contributed by atoms with Gasteiger partial charge in [-0.15, -0.1) is 0 Å². The fourth-order valence-electron chi connectivity index (χ4n) is 1.72. The Balaban J connectivity index is 2.03. The predicted molar refractivity (Wildman–Crippen MR) is 67.5 cm³/mol. The smallest absolute Gasteiger partial charge is 0.307 e. The van der Waals surface area contributed by atoms with Crippen LogP contribution in [0.1, 0.15) is 21.5 Å². The molecular weight excluding hydrogens is 246 g/mol. The Labute approximate surface area is 109 Å². The molecule has 0 bridgehead atoms. The van der Waals surface area contributed by atoms with Crippen LogP contribution in [0.3, 0.4) is 0 Å². The molecule has 0 aliphatic heterocycles. The van der Waals surface area contributed by atoms with Gasteiger partial charge in [0.1, 0.15) is 0 Å². The summed E-state index contributed by atoms with van der Waals surface area (Å²) >= 11 is 0. The van der Waals surface area contributed by atoms with Crippen molar-refractivity contribution in [2.45, 2.75) is 13.0 Å². The number of rotatable bonds is 5. The number of H-pyrrole nitrogens is 1. The first-order valence-electron chi connectivity index (χ1n) is 5.72. The zero-order chi connectivity index (χ0) is 13.7. The molecule has 1 aromatic heterocycles. The van der Waals surface area contributed by atoms with Gasteiger partial charge in [0.25, 0.3) is 5.91 Å². The van der Waals surface area contributed by atoms with Crippen molar-refractivity contribution in [1.29, 1.82) is 0 Å². The molecule has 1 heterocycles. The number of carbonyl (C=O) groups excluding carboxylic acids is 1. The largest absolute Gasteiger partial charge is 0.481 e. The zero-order valence-electron chi connectivity index (χ0n) is 10.1. The molecule has 1 amide bonds. The SMILES string of the molecule is O=C(O)Cc1ccccc1CNC(=O)c1cn[nH]c1. The molecule has 0 saturated carbocycles. The summed E-state index contributed by atoms with van der Waals surface area (Å²) in [5.41, 5.74) is 1.93. The highest BCUT2D eigenvalue weighted by Gasteiger charge is 2.09. The van der Waals surface area contributed by atoms with Gasteiger partial charge in [-0.05, 0) is 11.1 Å². The number of aromatic nitrogens is 2. The Morgan fingerprint density at radius 1 is 1.26 bits per heavy atom.